The lowest BCUT2D eigenvalue weighted by atomic mass is 9.97. The number of rotatable bonds is 5. The van der Waals surface area contributed by atoms with Gasteiger partial charge in [-0.05, 0) is 50.1 Å². The van der Waals surface area contributed by atoms with Crippen LogP contribution in [0.1, 0.15) is 33.9 Å². The van der Waals surface area contributed by atoms with E-state index >= 15 is 0 Å². The molecule has 2 rings (SSSR count). The van der Waals surface area contributed by atoms with Gasteiger partial charge in [0.1, 0.15) is 0 Å². The summed E-state index contributed by atoms with van der Waals surface area (Å²) in [5, 5.41) is 0. The van der Waals surface area contributed by atoms with Crippen molar-refractivity contribution in [3.05, 3.63) is 70.3 Å². The molecular formula is C19H26N2. The Bertz CT molecular complexity index is 604. The van der Waals surface area contributed by atoms with Crippen molar-refractivity contribution in [2.45, 2.75) is 33.4 Å². The topological polar surface area (TPSA) is 29.3 Å². The second kappa shape index (κ2) is 6.88. The molecule has 0 radical (unpaired) electrons. The average molecular weight is 282 g/mol. The second-order valence-corrected chi connectivity index (χ2v) is 5.95. The lowest BCUT2D eigenvalue weighted by Gasteiger charge is -2.29. The molecule has 2 heteroatoms. The monoisotopic (exact) mass is 282 g/mol. The van der Waals surface area contributed by atoms with E-state index in [1.165, 1.54) is 27.8 Å². The van der Waals surface area contributed by atoms with Crippen LogP contribution in [0.2, 0.25) is 0 Å². The van der Waals surface area contributed by atoms with Gasteiger partial charge in [-0.1, -0.05) is 48.0 Å². The zero-order valence-electron chi connectivity index (χ0n) is 13.6. The first-order valence-electron chi connectivity index (χ1n) is 7.55. The smallest absolute Gasteiger partial charge is 0.0473 e. The summed E-state index contributed by atoms with van der Waals surface area (Å²) in [6.07, 6.45) is 0. The molecule has 1 unspecified atom stereocenters. The van der Waals surface area contributed by atoms with Crippen LogP contribution < -0.4 is 5.73 Å². The Kier molecular flexibility index (Phi) is 5.16. The maximum absolute atomic E-state index is 6.06. The van der Waals surface area contributed by atoms with Crippen molar-refractivity contribution in [3.63, 3.8) is 0 Å². The van der Waals surface area contributed by atoms with Crippen LogP contribution in [0.15, 0.2) is 42.5 Å². The summed E-state index contributed by atoms with van der Waals surface area (Å²) in [6.45, 7) is 8.02. The highest BCUT2D eigenvalue weighted by Gasteiger charge is 2.18. The standard InChI is InChI=1S/C19H26N2/c1-14-9-10-18(16(3)11-14)19(12-20)21(4)13-17-8-6-5-7-15(17)2/h5-11,19H,12-13,20H2,1-4H3. The Balaban J connectivity index is 2.22. The third kappa shape index (κ3) is 3.72. The van der Waals surface area contributed by atoms with Crippen LogP contribution >= 0.6 is 0 Å². The van der Waals surface area contributed by atoms with Gasteiger partial charge in [-0.2, -0.15) is 0 Å². The molecule has 21 heavy (non-hydrogen) atoms. The number of likely N-dealkylation sites (N-methyl/N-ethyl adjacent to an activating group) is 1. The maximum atomic E-state index is 6.06. The van der Waals surface area contributed by atoms with Gasteiger partial charge in [-0.3, -0.25) is 4.90 Å². The van der Waals surface area contributed by atoms with Crippen LogP contribution in [0, 0.1) is 20.8 Å². The number of hydrogen-bond donors (Lipinski definition) is 1. The minimum atomic E-state index is 0.255. The molecular weight excluding hydrogens is 256 g/mol. The molecule has 0 saturated heterocycles. The zero-order chi connectivity index (χ0) is 15.4. The largest absolute Gasteiger partial charge is 0.329 e. The van der Waals surface area contributed by atoms with Gasteiger partial charge in [0.2, 0.25) is 0 Å². The first-order chi connectivity index (χ1) is 10.0. The Morgan fingerprint density at radius 1 is 1.00 bits per heavy atom. The van der Waals surface area contributed by atoms with Crippen molar-refractivity contribution in [3.8, 4) is 0 Å². The summed E-state index contributed by atoms with van der Waals surface area (Å²) in [7, 11) is 2.16. The molecule has 0 heterocycles. The van der Waals surface area contributed by atoms with Gasteiger partial charge in [-0.25, -0.2) is 0 Å². The third-order valence-corrected chi connectivity index (χ3v) is 4.22. The van der Waals surface area contributed by atoms with Gasteiger partial charge in [0.15, 0.2) is 0 Å². The predicted molar refractivity (Wildman–Crippen MR) is 90.4 cm³/mol. The molecule has 2 N–H and O–H groups in total. The van der Waals surface area contributed by atoms with Gasteiger partial charge in [0.25, 0.3) is 0 Å². The number of benzene rings is 2. The summed E-state index contributed by atoms with van der Waals surface area (Å²) in [6, 6.07) is 15.4. The molecule has 0 amide bonds. The fourth-order valence-electron chi connectivity index (χ4n) is 2.91. The minimum absolute atomic E-state index is 0.255. The summed E-state index contributed by atoms with van der Waals surface area (Å²) >= 11 is 0. The van der Waals surface area contributed by atoms with E-state index in [1.807, 2.05) is 0 Å². The van der Waals surface area contributed by atoms with Crippen molar-refractivity contribution in [2.75, 3.05) is 13.6 Å². The molecule has 0 aromatic heterocycles. The van der Waals surface area contributed by atoms with Gasteiger partial charge in [0.05, 0.1) is 0 Å². The van der Waals surface area contributed by atoms with Crippen molar-refractivity contribution in [2.24, 2.45) is 5.73 Å². The van der Waals surface area contributed by atoms with E-state index in [0.717, 1.165) is 6.54 Å². The quantitative estimate of drug-likeness (QED) is 0.905. The van der Waals surface area contributed by atoms with E-state index in [0.29, 0.717) is 6.54 Å². The van der Waals surface area contributed by atoms with Crippen molar-refractivity contribution in [1.29, 1.82) is 0 Å². The number of nitrogens with zero attached hydrogens (tertiary/aromatic N) is 1. The highest BCUT2D eigenvalue weighted by atomic mass is 15.1. The molecule has 0 aliphatic carbocycles. The molecule has 2 aromatic carbocycles. The van der Waals surface area contributed by atoms with Crippen molar-refractivity contribution >= 4 is 0 Å². The highest BCUT2D eigenvalue weighted by Crippen LogP contribution is 2.25. The molecule has 0 aliphatic rings. The van der Waals surface area contributed by atoms with Crippen LogP contribution in [0.5, 0.6) is 0 Å². The van der Waals surface area contributed by atoms with Gasteiger partial charge in [-0.15, -0.1) is 0 Å². The van der Waals surface area contributed by atoms with Gasteiger partial charge in [0, 0.05) is 19.1 Å². The van der Waals surface area contributed by atoms with E-state index < -0.39 is 0 Å². The maximum Gasteiger partial charge on any atom is 0.0473 e. The molecule has 1 atom stereocenters. The van der Waals surface area contributed by atoms with Crippen LogP contribution in [-0.4, -0.2) is 18.5 Å². The fraction of sp³-hybridized carbons (Fsp3) is 0.368. The predicted octanol–water partition coefficient (Wildman–Crippen LogP) is 3.74. The van der Waals surface area contributed by atoms with Gasteiger partial charge < -0.3 is 5.73 Å². The molecule has 2 aromatic rings. The molecule has 0 saturated carbocycles. The average Bonchev–Trinajstić information content (AvgIpc) is 2.44. The summed E-state index contributed by atoms with van der Waals surface area (Å²) < 4.78 is 0. The van der Waals surface area contributed by atoms with Crippen molar-refractivity contribution in [1.82, 2.24) is 4.90 Å². The second-order valence-electron chi connectivity index (χ2n) is 5.95. The van der Waals surface area contributed by atoms with Crippen molar-refractivity contribution < 1.29 is 0 Å². The zero-order valence-corrected chi connectivity index (χ0v) is 13.6. The number of aryl methyl sites for hydroxylation is 3. The van der Waals surface area contributed by atoms with Crippen LogP contribution in [0.4, 0.5) is 0 Å². The minimum Gasteiger partial charge on any atom is -0.329 e. The lowest BCUT2D eigenvalue weighted by molar-refractivity contribution is 0.240. The first kappa shape index (κ1) is 15.7. The van der Waals surface area contributed by atoms with E-state index in [2.05, 4.69) is 75.2 Å². The van der Waals surface area contributed by atoms with Gasteiger partial charge >= 0.3 is 0 Å². The summed E-state index contributed by atoms with van der Waals surface area (Å²) in [4.78, 5) is 2.35. The lowest BCUT2D eigenvalue weighted by Crippen LogP contribution is -2.31. The Labute approximate surface area is 128 Å². The van der Waals surface area contributed by atoms with E-state index in [4.69, 9.17) is 5.73 Å². The SMILES string of the molecule is Cc1ccc(C(CN)N(C)Cc2ccccc2C)c(C)c1. The molecule has 0 aliphatic heterocycles. The Hall–Kier alpha value is -1.64. The Morgan fingerprint density at radius 3 is 2.33 bits per heavy atom. The van der Waals surface area contributed by atoms with Crippen LogP contribution in [-0.2, 0) is 6.54 Å². The van der Waals surface area contributed by atoms with E-state index in [9.17, 15) is 0 Å². The highest BCUT2D eigenvalue weighted by molar-refractivity contribution is 5.33. The summed E-state index contributed by atoms with van der Waals surface area (Å²) in [5.74, 6) is 0. The molecule has 0 fully saturated rings. The fourth-order valence-corrected chi connectivity index (χ4v) is 2.91. The number of nitrogens with two attached hydrogens (primary N) is 1. The Morgan fingerprint density at radius 2 is 1.71 bits per heavy atom. The van der Waals surface area contributed by atoms with E-state index in [-0.39, 0.29) is 6.04 Å². The first-order valence-corrected chi connectivity index (χ1v) is 7.55. The molecule has 0 spiro atoms. The molecule has 0 bridgehead atoms. The van der Waals surface area contributed by atoms with E-state index in [1.54, 1.807) is 0 Å². The molecule has 2 nitrogen and oxygen atoms in total. The van der Waals surface area contributed by atoms with Crippen LogP contribution in [0.3, 0.4) is 0 Å². The normalized spacial score (nSPS) is 12.7. The molecule has 112 valence electrons. The number of hydrogen-bond acceptors (Lipinski definition) is 2. The third-order valence-electron chi connectivity index (χ3n) is 4.22. The van der Waals surface area contributed by atoms with Crippen LogP contribution in [0.25, 0.3) is 0 Å². The summed E-state index contributed by atoms with van der Waals surface area (Å²) in [5.41, 5.74) is 12.7.